The van der Waals surface area contributed by atoms with Crippen LogP contribution in [0.2, 0.25) is 0 Å². The molecule has 0 spiro atoms. The van der Waals surface area contributed by atoms with Crippen molar-refractivity contribution in [2.75, 3.05) is 6.54 Å². The van der Waals surface area contributed by atoms with Gasteiger partial charge in [0.1, 0.15) is 5.82 Å². The van der Waals surface area contributed by atoms with Gasteiger partial charge >= 0.3 is 0 Å². The molecule has 6 nitrogen and oxygen atoms in total. The van der Waals surface area contributed by atoms with Gasteiger partial charge in [-0.2, -0.15) is 0 Å². The first kappa shape index (κ1) is 16.2. The Balaban J connectivity index is 1.47. The molecule has 2 aromatic rings. The molecule has 1 unspecified atom stereocenters. The summed E-state index contributed by atoms with van der Waals surface area (Å²) in [5, 5.41) is 8.89. The summed E-state index contributed by atoms with van der Waals surface area (Å²) < 4.78 is 2.28. The van der Waals surface area contributed by atoms with Crippen LogP contribution in [0.1, 0.15) is 61.9 Å². The zero-order valence-electron chi connectivity index (χ0n) is 14.6. The molecule has 0 saturated carbocycles. The SMILES string of the molecule is O=C(CCc1ccccn1)N1CCCC1c1nnc2n1CCCCC2. The number of amides is 1. The summed E-state index contributed by atoms with van der Waals surface area (Å²) in [7, 11) is 0. The van der Waals surface area contributed by atoms with Gasteiger partial charge in [-0.15, -0.1) is 10.2 Å². The van der Waals surface area contributed by atoms with E-state index < -0.39 is 0 Å². The van der Waals surface area contributed by atoms with Gasteiger partial charge in [0.25, 0.3) is 0 Å². The second kappa shape index (κ2) is 7.33. The quantitative estimate of drug-likeness (QED) is 0.859. The highest BCUT2D eigenvalue weighted by molar-refractivity contribution is 5.77. The molecule has 0 bridgehead atoms. The Morgan fingerprint density at radius 2 is 2.08 bits per heavy atom. The minimum absolute atomic E-state index is 0.0931. The molecule has 2 aliphatic rings. The molecule has 4 rings (SSSR count). The average Bonchev–Trinajstić information content (AvgIpc) is 3.21. The zero-order chi connectivity index (χ0) is 17.1. The number of hydrogen-bond donors (Lipinski definition) is 0. The Labute approximate surface area is 148 Å². The van der Waals surface area contributed by atoms with Crippen LogP contribution in [0.5, 0.6) is 0 Å². The van der Waals surface area contributed by atoms with Gasteiger partial charge in [0.2, 0.25) is 5.91 Å². The lowest BCUT2D eigenvalue weighted by Gasteiger charge is -2.24. The summed E-state index contributed by atoms with van der Waals surface area (Å²) >= 11 is 0. The van der Waals surface area contributed by atoms with E-state index >= 15 is 0 Å². The third-order valence-corrected chi connectivity index (χ3v) is 5.33. The van der Waals surface area contributed by atoms with Crippen molar-refractivity contribution in [1.29, 1.82) is 0 Å². The van der Waals surface area contributed by atoms with Crippen molar-refractivity contribution in [3.63, 3.8) is 0 Å². The van der Waals surface area contributed by atoms with Crippen molar-refractivity contribution < 1.29 is 4.79 Å². The predicted octanol–water partition coefficient (Wildman–Crippen LogP) is 2.70. The van der Waals surface area contributed by atoms with E-state index in [0.717, 1.165) is 49.7 Å². The van der Waals surface area contributed by atoms with Crippen LogP contribution >= 0.6 is 0 Å². The molecule has 4 heterocycles. The molecular formula is C19H25N5O. The fourth-order valence-electron chi connectivity index (χ4n) is 4.01. The van der Waals surface area contributed by atoms with Gasteiger partial charge in [-0.3, -0.25) is 9.78 Å². The number of carbonyl (C=O) groups is 1. The van der Waals surface area contributed by atoms with Crippen LogP contribution in [0.15, 0.2) is 24.4 Å². The van der Waals surface area contributed by atoms with E-state index in [2.05, 4.69) is 19.7 Å². The molecule has 0 N–H and O–H groups in total. The lowest BCUT2D eigenvalue weighted by atomic mass is 10.1. The fraction of sp³-hybridized carbons (Fsp3) is 0.579. The first-order valence-corrected chi connectivity index (χ1v) is 9.44. The van der Waals surface area contributed by atoms with Gasteiger partial charge < -0.3 is 9.47 Å². The summed E-state index contributed by atoms with van der Waals surface area (Å²) in [5.41, 5.74) is 0.975. The van der Waals surface area contributed by atoms with Gasteiger partial charge in [-0.1, -0.05) is 12.5 Å². The molecule has 1 amide bonds. The van der Waals surface area contributed by atoms with E-state index in [-0.39, 0.29) is 11.9 Å². The van der Waals surface area contributed by atoms with Crippen LogP contribution in [-0.2, 0) is 24.2 Å². The van der Waals surface area contributed by atoms with Crippen molar-refractivity contribution in [3.8, 4) is 0 Å². The number of hydrogen-bond acceptors (Lipinski definition) is 4. The summed E-state index contributed by atoms with van der Waals surface area (Å²) in [4.78, 5) is 19.1. The summed E-state index contributed by atoms with van der Waals surface area (Å²) in [6, 6.07) is 5.94. The Morgan fingerprint density at radius 3 is 2.96 bits per heavy atom. The van der Waals surface area contributed by atoms with Crippen LogP contribution < -0.4 is 0 Å². The van der Waals surface area contributed by atoms with Gasteiger partial charge in [0.15, 0.2) is 5.82 Å². The maximum Gasteiger partial charge on any atom is 0.223 e. The zero-order valence-corrected chi connectivity index (χ0v) is 14.6. The topological polar surface area (TPSA) is 63.9 Å². The van der Waals surface area contributed by atoms with Crippen LogP contribution in [0.3, 0.4) is 0 Å². The minimum Gasteiger partial charge on any atom is -0.332 e. The van der Waals surface area contributed by atoms with E-state index in [4.69, 9.17) is 0 Å². The highest BCUT2D eigenvalue weighted by atomic mass is 16.2. The van der Waals surface area contributed by atoms with Crippen LogP contribution in [0.25, 0.3) is 0 Å². The lowest BCUT2D eigenvalue weighted by molar-refractivity contribution is -0.132. The molecular weight excluding hydrogens is 314 g/mol. The summed E-state index contributed by atoms with van der Waals surface area (Å²) in [6.45, 7) is 1.82. The van der Waals surface area contributed by atoms with E-state index in [1.807, 2.05) is 23.1 Å². The largest absolute Gasteiger partial charge is 0.332 e. The van der Waals surface area contributed by atoms with Crippen LogP contribution in [0.4, 0.5) is 0 Å². The molecule has 0 aromatic carbocycles. The monoisotopic (exact) mass is 339 g/mol. The van der Waals surface area contributed by atoms with Gasteiger partial charge in [0, 0.05) is 37.8 Å². The van der Waals surface area contributed by atoms with Crippen molar-refractivity contribution in [2.45, 2.75) is 64.0 Å². The number of aromatic nitrogens is 4. The maximum absolute atomic E-state index is 12.8. The van der Waals surface area contributed by atoms with Gasteiger partial charge in [0.05, 0.1) is 6.04 Å². The third kappa shape index (κ3) is 3.43. The molecule has 1 atom stereocenters. The van der Waals surface area contributed by atoms with E-state index in [1.54, 1.807) is 6.20 Å². The predicted molar refractivity (Wildman–Crippen MR) is 93.8 cm³/mol. The number of fused-ring (bicyclic) bond motifs is 1. The number of nitrogens with zero attached hydrogens (tertiary/aromatic N) is 5. The second-order valence-electron chi connectivity index (χ2n) is 7.00. The van der Waals surface area contributed by atoms with Gasteiger partial charge in [-0.25, -0.2) is 0 Å². The molecule has 0 aliphatic carbocycles. The summed E-state index contributed by atoms with van der Waals surface area (Å²) in [6.07, 6.45) is 9.65. The van der Waals surface area contributed by atoms with E-state index in [9.17, 15) is 4.79 Å². The number of likely N-dealkylation sites (tertiary alicyclic amines) is 1. The van der Waals surface area contributed by atoms with Crippen molar-refractivity contribution in [3.05, 3.63) is 41.7 Å². The lowest BCUT2D eigenvalue weighted by Crippen LogP contribution is -2.32. The number of rotatable bonds is 4. The molecule has 1 fully saturated rings. The Bertz CT molecular complexity index is 727. The first-order chi connectivity index (χ1) is 12.3. The molecule has 132 valence electrons. The van der Waals surface area contributed by atoms with Crippen LogP contribution in [-0.4, -0.2) is 37.1 Å². The second-order valence-corrected chi connectivity index (χ2v) is 7.00. The highest BCUT2D eigenvalue weighted by Gasteiger charge is 2.34. The van der Waals surface area contributed by atoms with Gasteiger partial charge in [-0.05, 0) is 44.2 Å². The normalized spacial score (nSPS) is 20.3. The van der Waals surface area contributed by atoms with Crippen LogP contribution in [0, 0.1) is 0 Å². The maximum atomic E-state index is 12.8. The number of aryl methyl sites for hydroxylation is 2. The summed E-state index contributed by atoms with van der Waals surface area (Å²) in [5.74, 6) is 2.31. The smallest absolute Gasteiger partial charge is 0.223 e. The minimum atomic E-state index is 0.0931. The molecule has 6 heteroatoms. The molecule has 1 saturated heterocycles. The van der Waals surface area contributed by atoms with E-state index in [0.29, 0.717) is 12.8 Å². The van der Waals surface area contributed by atoms with Crippen molar-refractivity contribution in [1.82, 2.24) is 24.6 Å². The molecule has 25 heavy (non-hydrogen) atoms. The third-order valence-electron chi connectivity index (χ3n) is 5.33. The number of carbonyl (C=O) groups excluding carboxylic acids is 1. The first-order valence-electron chi connectivity index (χ1n) is 9.44. The fourth-order valence-corrected chi connectivity index (χ4v) is 4.01. The molecule has 2 aromatic heterocycles. The number of pyridine rings is 1. The molecule has 0 radical (unpaired) electrons. The standard InChI is InChI=1S/C19H25N5O/c25-18(11-10-15-7-3-4-12-20-15)23-14-6-8-16(23)19-22-21-17-9-2-1-5-13-24(17)19/h3-4,7,12,16H,1-2,5-6,8-11,13-14H2. The average molecular weight is 339 g/mol. The van der Waals surface area contributed by atoms with E-state index in [1.165, 1.54) is 19.3 Å². The Morgan fingerprint density at radius 1 is 1.12 bits per heavy atom. The highest BCUT2D eigenvalue weighted by Crippen LogP contribution is 2.32. The van der Waals surface area contributed by atoms with Crippen molar-refractivity contribution >= 4 is 5.91 Å². The Kier molecular flexibility index (Phi) is 4.76. The molecule has 2 aliphatic heterocycles. The Hall–Kier alpha value is -2.24. The van der Waals surface area contributed by atoms with Crippen molar-refractivity contribution in [2.24, 2.45) is 0 Å².